The van der Waals surface area contributed by atoms with Gasteiger partial charge in [-0.2, -0.15) is 0 Å². The van der Waals surface area contributed by atoms with Gasteiger partial charge in [0.05, 0.1) is 4.90 Å². The van der Waals surface area contributed by atoms with E-state index in [0.29, 0.717) is 23.4 Å². The van der Waals surface area contributed by atoms with E-state index in [-0.39, 0.29) is 10.7 Å². The SMILES string of the molecule is O=Cc1ccc(-c2ccccc2S(=O)(=O)COc2ccccc2)o1. The highest BCUT2D eigenvalue weighted by Gasteiger charge is 2.21. The molecular weight excluding hydrogens is 328 g/mol. The Labute approximate surface area is 139 Å². The Morgan fingerprint density at radius 1 is 0.917 bits per heavy atom. The molecule has 24 heavy (non-hydrogen) atoms. The smallest absolute Gasteiger partial charge is 0.214 e. The van der Waals surface area contributed by atoms with Gasteiger partial charge in [-0.3, -0.25) is 4.79 Å². The van der Waals surface area contributed by atoms with Crippen molar-refractivity contribution in [3.05, 3.63) is 72.5 Å². The Morgan fingerprint density at radius 2 is 1.62 bits per heavy atom. The van der Waals surface area contributed by atoms with Crippen molar-refractivity contribution in [3.8, 4) is 17.1 Å². The summed E-state index contributed by atoms with van der Waals surface area (Å²) in [6, 6.07) is 18.2. The zero-order valence-corrected chi connectivity index (χ0v) is 13.4. The summed E-state index contributed by atoms with van der Waals surface area (Å²) in [4.78, 5) is 10.9. The summed E-state index contributed by atoms with van der Waals surface area (Å²) >= 11 is 0. The molecule has 2 aromatic carbocycles. The van der Waals surface area contributed by atoms with E-state index in [1.807, 2.05) is 6.07 Å². The quantitative estimate of drug-likeness (QED) is 0.640. The molecule has 0 spiro atoms. The number of carbonyl (C=O) groups excluding carboxylic acids is 1. The third kappa shape index (κ3) is 3.38. The molecule has 0 amide bonds. The van der Waals surface area contributed by atoms with E-state index in [1.54, 1.807) is 48.5 Å². The molecule has 3 rings (SSSR count). The zero-order valence-electron chi connectivity index (χ0n) is 12.6. The molecular formula is C18H14O5S. The molecule has 0 aliphatic heterocycles. The first-order chi connectivity index (χ1) is 11.6. The monoisotopic (exact) mass is 342 g/mol. The average molecular weight is 342 g/mol. The third-order valence-corrected chi connectivity index (χ3v) is 4.81. The van der Waals surface area contributed by atoms with E-state index in [9.17, 15) is 13.2 Å². The topological polar surface area (TPSA) is 73.6 Å². The lowest BCUT2D eigenvalue weighted by Gasteiger charge is -2.10. The fourth-order valence-corrected chi connectivity index (χ4v) is 3.44. The first-order valence-corrected chi connectivity index (χ1v) is 8.80. The minimum Gasteiger partial charge on any atom is -0.477 e. The molecule has 3 aromatic rings. The molecule has 0 unspecified atom stereocenters. The molecule has 0 aliphatic rings. The molecule has 1 aromatic heterocycles. The minimum absolute atomic E-state index is 0.0905. The molecule has 0 aliphatic carbocycles. The second-order valence-electron chi connectivity index (χ2n) is 5.01. The summed E-state index contributed by atoms with van der Waals surface area (Å²) in [7, 11) is -3.71. The summed E-state index contributed by atoms with van der Waals surface area (Å²) in [5.41, 5.74) is 0.391. The van der Waals surface area contributed by atoms with Crippen LogP contribution in [0.15, 0.2) is 76.0 Å². The van der Waals surface area contributed by atoms with Gasteiger partial charge in [0, 0.05) is 5.56 Å². The van der Waals surface area contributed by atoms with Crippen LogP contribution in [0.1, 0.15) is 10.6 Å². The van der Waals surface area contributed by atoms with Gasteiger partial charge in [-0.1, -0.05) is 30.3 Å². The molecule has 0 N–H and O–H groups in total. The van der Waals surface area contributed by atoms with Crippen LogP contribution in [0.25, 0.3) is 11.3 Å². The van der Waals surface area contributed by atoms with Gasteiger partial charge >= 0.3 is 0 Å². The predicted molar refractivity (Wildman–Crippen MR) is 88.7 cm³/mol. The molecule has 122 valence electrons. The predicted octanol–water partition coefficient (Wildman–Crippen LogP) is 3.57. The Morgan fingerprint density at radius 3 is 2.33 bits per heavy atom. The zero-order chi connectivity index (χ0) is 17.0. The number of aldehydes is 1. The van der Waals surface area contributed by atoms with Gasteiger partial charge in [-0.15, -0.1) is 0 Å². The van der Waals surface area contributed by atoms with Gasteiger partial charge in [-0.05, 0) is 36.4 Å². The van der Waals surface area contributed by atoms with E-state index in [4.69, 9.17) is 9.15 Å². The molecule has 0 bridgehead atoms. The molecule has 5 nitrogen and oxygen atoms in total. The van der Waals surface area contributed by atoms with Crippen LogP contribution < -0.4 is 4.74 Å². The van der Waals surface area contributed by atoms with Gasteiger partial charge in [-0.25, -0.2) is 8.42 Å². The van der Waals surface area contributed by atoms with Crippen LogP contribution in [-0.2, 0) is 9.84 Å². The number of hydrogen-bond donors (Lipinski definition) is 0. The number of carbonyl (C=O) groups is 1. The molecule has 6 heteroatoms. The first-order valence-electron chi connectivity index (χ1n) is 7.15. The number of para-hydroxylation sites is 1. The normalized spacial score (nSPS) is 11.2. The summed E-state index contributed by atoms with van der Waals surface area (Å²) in [6.45, 7) is 0. The van der Waals surface area contributed by atoms with Crippen molar-refractivity contribution >= 4 is 16.1 Å². The van der Waals surface area contributed by atoms with Crippen molar-refractivity contribution in [1.82, 2.24) is 0 Å². The van der Waals surface area contributed by atoms with E-state index in [0.717, 1.165) is 0 Å². The maximum atomic E-state index is 12.6. The molecule has 0 radical (unpaired) electrons. The van der Waals surface area contributed by atoms with Crippen LogP contribution >= 0.6 is 0 Å². The van der Waals surface area contributed by atoms with E-state index < -0.39 is 15.8 Å². The van der Waals surface area contributed by atoms with Gasteiger partial charge in [0.15, 0.2) is 18.0 Å². The Bertz CT molecular complexity index is 942. The maximum absolute atomic E-state index is 12.6. The summed E-state index contributed by atoms with van der Waals surface area (Å²) < 4.78 is 36.0. The summed E-state index contributed by atoms with van der Waals surface area (Å²) in [5, 5.41) is 0. The largest absolute Gasteiger partial charge is 0.477 e. The minimum atomic E-state index is -3.71. The number of hydrogen-bond acceptors (Lipinski definition) is 5. The van der Waals surface area contributed by atoms with Crippen LogP contribution in [0.4, 0.5) is 0 Å². The van der Waals surface area contributed by atoms with Crippen molar-refractivity contribution in [1.29, 1.82) is 0 Å². The average Bonchev–Trinajstić information content (AvgIpc) is 3.10. The maximum Gasteiger partial charge on any atom is 0.214 e. The lowest BCUT2D eigenvalue weighted by atomic mass is 10.2. The fraction of sp³-hybridized carbons (Fsp3) is 0.0556. The van der Waals surface area contributed by atoms with Crippen molar-refractivity contribution in [2.75, 3.05) is 5.94 Å². The molecule has 0 atom stereocenters. The Kier molecular flexibility index (Phi) is 4.48. The highest BCUT2D eigenvalue weighted by Crippen LogP contribution is 2.29. The standard InChI is InChI=1S/C18H14O5S/c19-12-15-10-11-17(23-15)16-8-4-5-9-18(16)24(20,21)13-22-14-6-2-1-3-7-14/h1-12H,13H2. The second kappa shape index (κ2) is 6.72. The van der Waals surface area contributed by atoms with Crippen LogP contribution in [-0.4, -0.2) is 20.6 Å². The molecule has 0 saturated carbocycles. The van der Waals surface area contributed by atoms with Crippen LogP contribution in [0, 0.1) is 0 Å². The molecule has 1 heterocycles. The van der Waals surface area contributed by atoms with Crippen LogP contribution in [0.2, 0.25) is 0 Å². The highest BCUT2D eigenvalue weighted by atomic mass is 32.2. The number of benzene rings is 2. The van der Waals surface area contributed by atoms with Gasteiger partial charge < -0.3 is 9.15 Å². The first kappa shape index (κ1) is 16.0. The van der Waals surface area contributed by atoms with E-state index >= 15 is 0 Å². The number of ether oxygens (including phenoxy) is 1. The highest BCUT2D eigenvalue weighted by molar-refractivity contribution is 7.91. The second-order valence-corrected chi connectivity index (χ2v) is 6.91. The number of rotatable bonds is 6. The molecule has 0 fully saturated rings. The summed E-state index contributed by atoms with van der Waals surface area (Å²) in [5.74, 6) is 0.434. The van der Waals surface area contributed by atoms with Gasteiger partial charge in [0.25, 0.3) is 0 Å². The van der Waals surface area contributed by atoms with Crippen molar-refractivity contribution in [2.24, 2.45) is 0 Å². The third-order valence-electron chi connectivity index (χ3n) is 3.35. The lowest BCUT2D eigenvalue weighted by Crippen LogP contribution is -2.13. The van der Waals surface area contributed by atoms with Crippen molar-refractivity contribution < 1.29 is 22.4 Å². The van der Waals surface area contributed by atoms with Crippen LogP contribution in [0.5, 0.6) is 5.75 Å². The summed E-state index contributed by atoms with van der Waals surface area (Å²) in [6.07, 6.45) is 0.569. The van der Waals surface area contributed by atoms with Gasteiger partial charge in [0.2, 0.25) is 9.84 Å². The lowest BCUT2D eigenvalue weighted by molar-refractivity contribution is 0.110. The molecule has 0 saturated heterocycles. The van der Waals surface area contributed by atoms with Crippen molar-refractivity contribution in [3.63, 3.8) is 0 Å². The van der Waals surface area contributed by atoms with Gasteiger partial charge in [0.1, 0.15) is 11.5 Å². The van der Waals surface area contributed by atoms with Crippen LogP contribution in [0.3, 0.4) is 0 Å². The number of furan rings is 1. The van der Waals surface area contributed by atoms with Crippen molar-refractivity contribution in [2.45, 2.75) is 4.90 Å². The number of sulfone groups is 1. The van der Waals surface area contributed by atoms with E-state index in [2.05, 4.69) is 0 Å². The van der Waals surface area contributed by atoms with E-state index in [1.165, 1.54) is 12.1 Å². The Hall–Kier alpha value is -2.86. The Balaban J connectivity index is 1.92. The fourth-order valence-electron chi connectivity index (χ4n) is 2.23.